The second kappa shape index (κ2) is 14.7. The number of halogens is 1. The van der Waals surface area contributed by atoms with Gasteiger partial charge in [-0.3, -0.25) is 13.9 Å². The van der Waals surface area contributed by atoms with E-state index in [0.29, 0.717) is 11.6 Å². The molecule has 1 atom stereocenters. The number of hydrogen-bond donors (Lipinski definition) is 1. The Bertz CT molecular complexity index is 1570. The zero-order valence-electron chi connectivity index (χ0n) is 23.4. The average molecular weight is 604 g/mol. The number of anilines is 1. The highest BCUT2D eigenvalue weighted by Gasteiger charge is 2.34. The van der Waals surface area contributed by atoms with E-state index in [0.717, 1.165) is 21.9 Å². The predicted octanol–water partition coefficient (Wildman–Crippen LogP) is 5.70. The lowest BCUT2D eigenvalue weighted by molar-refractivity contribution is -0.140. The number of carbonyl (C=O) groups is 2. The van der Waals surface area contributed by atoms with Crippen LogP contribution in [0.3, 0.4) is 0 Å². The van der Waals surface area contributed by atoms with Crippen molar-refractivity contribution in [2.75, 3.05) is 17.4 Å². The summed E-state index contributed by atoms with van der Waals surface area (Å²) in [6.45, 7) is 1.99. The van der Waals surface area contributed by atoms with Crippen LogP contribution in [0.2, 0.25) is 5.02 Å². The van der Waals surface area contributed by atoms with E-state index in [1.807, 2.05) is 67.6 Å². The first-order chi connectivity index (χ1) is 20.3. The molecule has 4 aromatic rings. The normalized spacial score (nSPS) is 11.9. The number of sulfonamides is 1. The van der Waals surface area contributed by atoms with Crippen molar-refractivity contribution in [3.05, 3.63) is 131 Å². The van der Waals surface area contributed by atoms with Crippen molar-refractivity contribution >= 4 is 39.1 Å². The van der Waals surface area contributed by atoms with E-state index >= 15 is 0 Å². The maximum absolute atomic E-state index is 14.3. The van der Waals surface area contributed by atoms with Gasteiger partial charge in [0.05, 0.1) is 10.6 Å². The molecule has 9 heteroatoms. The van der Waals surface area contributed by atoms with Crippen molar-refractivity contribution in [1.29, 1.82) is 0 Å². The maximum Gasteiger partial charge on any atom is 0.264 e. The van der Waals surface area contributed by atoms with E-state index in [9.17, 15) is 18.0 Å². The first kappa shape index (κ1) is 30.8. The highest BCUT2D eigenvalue weighted by Crippen LogP contribution is 2.27. The van der Waals surface area contributed by atoms with Gasteiger partial charge >= 0.3 is 0 Å². The molecule has 0 heterocycles. The molecule has 1 N–H and O–H groups in total. The van der Waals surface area contributed by atoms with Gasteiger partial charge in [-0.25, -0.2) is 8.42 Å². The molecule has 0 aliphatic carbocycles. The summed E-state index contributed by atoms with van der Waals surface area (Å²) < 4.78 is 28.9. The average Bonchev–Trinajstić information content (AvgIpc) is 3.01. The predicted molar refractivity (Wildman–Crippen MR) is 167 cm³/mol. The van der Waals surface area contributed by atoms with Gasteiger partial charge in [-0.05, 0) is 47.9 Å². The molecule has 0 saturated carbocycles. The van der Waals surface area contributed by atoms with Crippen LogP contribution in [0.1, 0.15) is 24.5 Å². The van der Waals surface area contributed by atoms with Gasteiger partial charge in [0.25, 0.3) is 10.0 Å². The van der Waals surface area contributed by atoms with Crippen LogP contribution in [0, 0.1) is 0 Å². The van der Waals surface area contributed by atoms with E-state index in [1.54, 1.807) is 36.4 Å². The Kier molecular flexibility index (Phi) is 10.8. The fourth-order valence-electron chi connectivity index (χ4n) is 4.58. The number of hydrogen-bond acceptors (Lipinski definition) is 4. The first-order valence-electron chi connectivity index (χ1n) is 13.8. The number of benzene rings is 4. The van der Waals surface area contributed by atoms with Crippen LogP contribution in [0.5, 0.6) is 0 Å². The van der Waals surface area contributed by atoms with E-state index in [4.69, 9.17) is 11.6 Å². The molecule has 7 nitrogen and oxygen atoms in total. The van der Waals surface area contributed by atoms with Gasteiger partial charge in [0.2, 0.25) is 11.8 Å². The minimum Gasteiger partial charge on any atom is -0.354 e. The SMILES string of the molecule is CCCNC(=O)[C@@H](Cc1ccccc1)N(Cc1ccccc1)C(=O)CN(c1cccc(Cl)c1)S(=O)(=O)c1ccccc1. The van der Waals surface area contributed by atoms with E-state index < -0.39 is 28.5 Å². The van der Waals surface area contributed by atoms with Crippen molar-refractivity contribution in [2.45, 2.75) is 37.2 Å². The molecule has 0 aliphatic heterocycles. The van der Waals surface area contributed by atoms with Crippen LogP contribution < -0.4 is 9.62 Å². The summed E-state index contributed by atoms with van der Waals surface area (Å²) >= 11 is 6.25. The number of rotatable bonds is 13. The molecule has 0 fully saturated rings. The molecule has 218 valence electrons. The van der Waals surface area contributed by atoms with E-state index in [-0.39, 0.29) is 29.5 Å². The maximum atomic E-state index is 14.3. The summed E-state index contributed by atoms with van der Waals surface area (Å²) in [5, 5.41) is 3.27. The van der Waals surface area contributed by atoms with Crippen molar-refractivity contribution in [2.24, 2.45) is 0 Å². The Morgan fingerprint density at radius 3 is 2.00 bits per heavy atom. The largest absolute Gasteiger partial charge is 0.354 e. The number of nitrogens with one attached hydrogen (secondary N) is 1. The summed E-state index contributed by atoms with van der Waals surface area (Å²) in [6, 6.07) is 32.2. The molecule has 0 saturated heterocycles. The Morgan fingerprint density at radius 2 is 1.40 bits per heavy atom. The monoisotopic (exact) mass is 603 g/mol. The Labute approximate surface area is 252 Å². The summed E-state index contributed by atoms with van der Waals surface area (Å²) in [4.78, 5) is 29.4. The van der Waals surface area contributed by atoms with E-state index in [1.165, 1.54) is 23.1 Å². The van der Waals surface area contributed by atoms with Crippen molar-refractivity contribution in [3.63, 3.8) is 0 Å². The van der Waals surface area contributed by atoms with Crippen molar-refractivity contribution in [3.8, 4) is 0 Å². The Morgan fingerprint density at radius 1 is 0.810 bits per heavy atom. The number of carbonyl (C=O) groups excluding carboxylic acids is 2. The fraction of sp³-hybridized carbons (Fsp3) is 0.212. The van der Waals surface area contributed by atoms with Crippen LogP contribution in [0.25, 0.3) is 0 Å². The lowest BCUT2D eigenvalue weighted by atomic mass is 10.0. The van der Waals surface area contributed by atoms with Crippen LogP contribution in [-0.4, -0.2) is 44.3 Å². The van der Waals surface area contributed by atoms with E-state index in [2.05, 4.69) is 5.32 Å². The number of nitrogens with zero attached hydrogens (tertiary/aromatic N) is 2. The lowest BCUT2D eigenvalue weighted by Crippen LogP contribution is -2.53. The molecule has 0 unspecified atom stereocenters. The third kappa shape index (κ3) is 7.99. The quantitative estimate of drug-likeness (QED) is 0.212. The standard InChI is InChI=1S/C33H34ClN3O4S/c1-2-21-35-33(39)31(22-26-13-6-3-7-14-26)36(24-27-15-8-4-9-16-27)32(38)25-37(29-18-12-17-28(34)23-29)42(40,41)30-19-10-5-11-20-30/h3-20,23,31H,2,21-22,24-25H2,1H3,(H,35,39)/t31-/m1/s1. The second-order valence-corrected chi connectivity index (χ2v) is 12.1. The van der Waals surface area contributed by atoms with Crippen LogP contribution >= 0.6 is 11.6 Å². The summed E-state index contributed by atoms with van der Waals surface area (Å²) in [6.07, 6.45) is 0.992. The molecule has 0 bridgehead atoms. The molecule has 0 spiro atoms. The summed E-state index contributed by atoms with van der Waals surface area (Å²) in [7, 11) is -4.16. The second-order valence-electron chi connectivity index (χ2n) is 9.81. The van der Waals surface area contributed by atoms with Gasteiger partial charge in [-0.15, -0.1) is 0 Å². The lowest BCUT2D eigenvalue weighted by Gasteiger charge is -2.34. The smallest absolute Gasteiger partial charge is 0.264 e. The van der Waals surface area contributed by atoms with Gasteiger partial charge in [-0.1, -0.05) is 103 Å². The van der Waals surface area contributed by atoms with Gasteiger partial charge in [0, 0.05) is 24.5 Å². The molecular formula is C33H34ClN3O4S. The number of amides is 2. The Balaban J connectivity index is 1.77. The van der Waals surface area contributed by atoms with Gasteiger partial charge < -0.3 is 10.2 Å². The first-order valence-corrected chi connectivity index (χ1v) is 15.6. The van der Waals surface area contributed by atoms with Crippen molar-refractivity contribution in [1.82, 2.24) is 10.2 Å². The molecule has 42 heavy (non-hydrogen) atoms. The zero-order valence-corrected chi connectivity index (χ0v) is 25.0. The van der Waals surface area contributed by atoms with Gasteiger partial charge in [-0.2, -0.15) is 0 Å². The summed E-state index contributed by atoms with van der Waals surface area (Å²) in [5.74, 6) is -0.823. The highest BCUT2D eigenvalue weighted by molar-refractivity contribution is 7.92. The summed E-state index contributed by atoms with van der Waals surface area (Å²) in [5.41, 5.74) is 1.94. The molecule has 4 aromatic carbocycles. The van der Waals surface area contributed by atoms with Crippen molar-refractivity contribution < 1.29 is 18.0 Å². The molecule has 4 rings (SSSR count). The minimum absolute atomic E-state index is 0.0360. The molecule has 0 radical (unpaired) electrons. The zero-order chi connectivity index (χ0) is 30.0. The highest BCUT2D eigenvalue weighted by atomic mass is 35.5. The van der Waals surface area contributed by atoms with Crippen LogP contribution in [0.15, 0.2) is 120 Å². The minimum atomic E-state index is -4.16. The molecule has 0 aromatic heterocycles. The third-order valence-corrected chi connectivity index (χ3v) is 8.75. The van der Waals surface area contributed by atoms with Crippen LogP contribution in [0.4, 0.5) is 5.69 Å². The fourth-order valence-corrected chi connectivity index (χ4v) is 6.19. The molecule has 0 aliphatic rings. The topological polar surface area (TPSA) is 86.8 Å². The Hall–Kier alpha value is -4.14. The third-order valence-electron chi connectivity index (χ3n) is 6.72. The van der Waals surface area contributed by atoms with Gasteiger partial charge in [0.15, 0.2) is 0 Å². The molecule has 2 amide bonds. The van der Waals surface area contributed by atoms with Crippen LogP contribution in [-0.2, 0) is 32.6 Å². The molecular weight excluding hydrogens is 570 g/mol. The van der Waals surface area contributed by atoms with Gasteiger partial charge in [0.1, 0.15) is 12.6 Å².